The van der Waals surface area contributed by atoms with Gasteiger partial charge in [-0.3, -0.25) is 4.79 Å². The molecular weight excluding hydrogens is 259 g/mol. The van der Waals surface area contributed by atoms with Crippen molar-refractivity contribution in [3.63, 3.8) is 0 Å². The van der Waals surface area contributed by atoms with Crippen LogP contribution in [0.4, 0.5) is 0 Å². The summed E-state index contributed by atoms with van der Waals surface area (Å²) in [6.07, 6.45) is 2.43. The fraction of sp³-hybridized carbons (Fsp3) is 0.500. The summed E-state index contributed by atoms with van der Waals surface area (Å²) in [6, 6.07) is 1.50. The zero-order valence-corrected chi connectivity index (χ0v) is 11.7. The molecule has 0 bridgehead atoms. The van der Waals surface area contributed by atoms with Gasteiger partial charge in [0.15, 0.2) is 0 Å². The Morgan fingerprint density at radius 2 is 2.18 bits per heavy atom. The number of carbonyl (C=O) groups is 1. The summed E-state index contributed by atoms with van der Waals surface area (Å²) in [4.78, 5) is 17.6. The molecule has 1 heterocycles. The van der Waals surface area contributed by atoms with E-state index >= 15 is 0 Å². The van der Waals surface area contributed by atoms with Crippen LogP contribution in [-0.2, 0) is 0 Å². The van der Waals surface area contributed by atoms with Crippen molar-refractivity contribution in [2.45, 2.75) is 20.3 Å². The molecular formula is C12H16Cl2N2O. The number of amides is 1. The molecule has 0 radical (unpaired) electrons. The molecule has 1 amide bonds. The van der Waals surface area contributed by atoms with Crippen LogP contribution in [0, 0.1) is 5.92 Å². The Morgan fingerprint density at radius 1 is 1.53 bits per heavy atom. The van der Waals surface area contributed by atoms with E-state index in [4.69, 9.17) is 23.2 Å². The van der Waals surface area contributed by atoms with E-state index in [1.54, 1.807) is 11.9 Å². The van der Waals surface area contributed by atoms with E-state index in [1.165, 1.54) is 12.3 Å². The number of halogens is 2. The normalized spacial score (nSPS) is 12.3. The maximum Gasteiger partial charge on any atom is 0.255 e. The summed E-state index contributed by atoms with van der Waals surface area (Å²) in [5, 5.41) is 0.602. The van der Waals surface area contributed by atoms with Crippen LogP contribution < -0.4 is 0 Å². The highest BCUT2D eigenvalue weighted by Crippen LogP contribution is 2.20. The lowest BCUT2D eigenvalue weighted by atomic mass is 10.1. The summed E-state index contributed by atoms with van der Waals surface area (Å²) in [7, 11) is 1.76. The van der Waals surface area contributed by atoms with Gasteiger partial charge in [0.05, 0.1) is 10.6 Å². The maximum absolute atomic E-state index is 12.1. The first-order valence-electron chi connectivity index (χ1n) is 5.52. The van der Waals surface area contributed by atoms with Gasteiger partial charge in [-0.25, -0.2) is 4.98 Å². The number of hydrogen-bond acceptors (Lipinski definition) is 2. The summed E-state index contributed by atoms with van der Waals surface area (Å²) in [5.74, 6) is 0.333. The van der Waals surface area contributed by atoms with E-state index in [-0.39, 0.29) is 11.1 Å². The average molecular weight is 275 g/mol. The molecule has 0 aliphatic rings. The van der Waals surface area contributed by atoms with E-state index in [0.717, 1.165) is 6.42 Å². The summed E-state index contributed by atoms with van der Waals surface area (Å²) < 4.78 is 0. The fourth-order valence-corrected chi connectivity index (χ4v) is 1.80. The summed E-state index contributed by atoms with van der Waals surface area (Å²) in [5.41, 5.74) is 0.400. The minimum absolute atomic E-state index is 0.125. The van der Waals surface area contributed by atoms with Crippen molar-refractivity contribution in [2.24, 2.45) is 5.92 Å². The van der Waals surface area contributed by atoms with Crippen LogP contribution in [-0.4, -0.2) is 29.4 Å². The second kappa shape index (κ2) is 6.22. The molecule has 3 nitrogen and oxygen atoms in total. The highest BCUT2D eigenvalue weighted by molar-refractivity contribution is 6.35. The van der Waals surface area contributed by atoms with Gasteiger partial charge in [-0.1, -0.05) is 43.5 Å². The molecule has 94 valence electrons. The summed E-state index contributed by atoms with van der Waals surface area (Å²) >= 11 is 11.7. The lowest BCUT2D eigenvalue weighted by Gasteiger charge is -2.21. The molecule has 0 fully saturated rings. The van der Waals surface area contributed by atoms with E-state index in [2.05, 4.69) is 18.8 Å². The zero-order valence-electron chi connectivity index (χ0n) is 10.2. The highest BCUT2D eigenvalue weighted by atomic mass is 35.5. The van der Waals surface area contributed by atoms with Crippen LogP contribution in [0.25, 0.3) is 0 Å². The van der Waals surface area contributed by atoms with Gasteiger partial charge in [0.1, 0.15) is 5.15 Å². The second-order valence-corrected chi connectivity index (χ2v) is 4.98. The van der Waals surface area contributed by atoms with Crippen molar-refractivity contribution < 1.29 is 4.79 Å². The maximum atomic E-state index is 12.1. The standard InChI is InChI=1S/C12H16Cl2N2O/c1-4-8(2)7-16(3)12(17)9-5-11(14)15-6-10(9)13/h5-6,8H,4,7H2,1-3H3. The largest absolute Gasteiger partial charge is 0.341 e. The SMILES string of the molecule is CCC(C)CN(C)C(=O)c1cc(Cl)ncc1Cl. The Kier molecular flexibility index (Phi) is 5.22. The molecule has 0 saturated carbocycles. The van der Waals surface area contributed by atoms with Crippen LogP contribution in [0.1, 0.15) is 30.6 Å². The summed E-state index contributed by atoms with van der Waals surface area (Å²) in [6.45, 7) is 4.90. The molecule has 5 heteroatoms. The van der Waals surface area contributed by atoms with E-state index in [0.29, 0.717) is 23.0 Å². The van der Waals surface area contributed by atoms with Gasteiger partial charge in [0.25, 0.3) is 5.91 Å². The smallest absolute Gasteiger partial charge is 0.255 e. The quantitative estimate of drug-likeness (QED) is 0.788. The molecule has 0 aromatic carbocycles. The molecule has 0 aliphatic carbocycles. The van der Waals surface area contributed by atoms with Crippen LogP contribution in [0.2, 0.25) is 10.2 Å². The van der Waals surface area contributed by atoms with Crippen LogP contribution in [0.3, 0.4) is 0 Å². The Hall–Kier alpha value is -0.800. The highest BCUT2D eigenvalue weighted by Gasteiger charge is 2.17. The first kappa shape index (κ1) is 14.3. The van der Waals surface area contributed by atoms with Gasteiger partial charge >= 0.3 is 0 Å². The molecule has 1 aromatic rings. The van der Waals surface area contributed by atoms with Crippen LogP contribution in [0.15, 0.2) is 12.3 Å². The third-order valence-corrected chi connectivity index (χ3v) is 3.19. The first-order valence-corrected chi connectivity index (χ1v) is 6.27. The van der Waals surface area contributed by atoms with Crippen molar-refractivity contribution in [2.75, 3.05) is 13.6 Å². The number of nitrogens with zero attached hydrogens (tertiary/aromatic N) is 2. The van der Waals surface area contributed by atoms with Gasteiger partial charge in [-0.15, -0.1) is 0 Å². The monoisotopic (exact) mass is 274 g/mol. The molecule has 1 atom stereocenters. The molecule has 0 saturated heterocycles. The molecule has 1 aromatic heterocycles. The van der Waals surface area contributed by atoms with Gasteiger partial charge in [-0.2, -0.15) is 0 Å². The van der Waals surface area contributed by atoms with Gasteiger partial charge in [0.2, 0.25) is 0 Å². The Morgan fingerprint density at radius 3 is 2.76 bits per heavy atom. The number of hydrogen-bond donors (Lipinski definition) is 0. The lowest BCUT2D eigenvalue weighted by Crippen LogP contribution is -2.31. The topological polar surface area (TPSA) is 33.2 Å². The van der Waals surface area contributed by atoms with Gasteiger partial charge < -0.3 is 4.90 Å². The lowest BCUT2D eigenvalue weighted by molar-refractivity contribution is 0.0775. The Labute approximate surface area is 112 Å². The fourth-order valence-electron chi connectivity index (χ4n) is 1.46. The molecule has 17 heavy (non-hydrogen) atoms. The van der Waals surface area contributed by atoms with Crippen molar-refractivity contribution in [3.8, 4) is 0 Å². The van der Waals surface area contributed by atoms with E-state index < -0.39 is 0 Å². The second-order valence-electron chi connectivity index (χ2n) is 4.19. The minimum atomic E-state index is -0.125. The minimum Gasteiger partial charge on any atom is -0.341 e. The Bertz CT molecular complexity index is 409. The number of rotatable bonds is 4. The third kappa shape index (κ3) is 3.86. The predicted octanol–water partition coefficient (Wildman–Crippen LogP) is 3.51. The van der Waals surface area contributed by atoms with Crippen molar-refractivity contribution in [3.05, 3.63) is 28.0 Å². The Balaban J connectivity index is 2.85. The van der Waals surface area contributed by atoms with Crippen LogP contribution >= 0.6 is 23.2 Å². The molecule has 1 rings (SSSR count). The number of pyridine rings is 1. The molecule has 1 unspecified atom stereocenters. The van der Waals surface area contributed by atoms with Crippen molar-refractivity contribution in [1.82, 2.24) is 9.88 Å². The van der Waals surface area contributed by atoms with Crippen LogP contribution in [0.5, 0.6) is 0 Å². The number of carbonyl (C=O) groups excluding carboxylic acids is 1. The van der Waals surface area contributed by atoms with Gasteiger partial charge in [-0.05, 0) is 12.0 Å². The molecule has 0 N–H and O–H groups in total. The number of aromatic nitrogens is 1. The average Bonchev–Trinajstić information content (AvgIpc) is 2.31. The van der Waals surface area contributed by atoms with E-state index in [1.807, 2.05) is 0 Å². The van der Waals surface area contributed by atoms with Crippen molar-refractivity contribution >= 4 is 29.1 Å². The van der Waals surface area contributed by atoms with E-state index in [9.17, 15) is 4.79 Å². The molecule has 0 aliphatic heterocycles. The van der Waals surface area contributed by atoms with Gasteiger partial charge in [0, 0.05) is 19.8 Å². The van der Waals surface area contributed by atoms with Crippen molar-refractivity contribution in [1.29, 1.82) is 0 Å². The first-order chi connectivity index (χ1) is 7.95. The third-order valence-electron chi connectivity index (χ3n) is 2.68. The zero-order chi connectivity index (χ0) is 13.0. The molecule has 0 spiro atoms. The predicted molar refractivity (Wildman–Crippen MR) is 70.7 cm³/mol.